The van der Waals surface area contributed by atoms with Crippen molar-refractivity contribution in [1.29, 1.82) is 5.26 Å². The molecule has 1 unspecified atom stereocenters. The van der Waals surface area contributed by atoms with Gasteiger partial charge in [0.1, 0.15) is 6.23 Å². The lowest BCUT2D eigenvalue weighted by atomic mass is 10.4. The van der Waals surface area contributed by atoms with Gasteiger partial charge in [0.25, 0.3) is 0 Å². The molecule has 0 aliphatic carbocycles. The summed E-state index contributed by atoms with van der Waals surface area (Å²) < 4.78 is 0. The monoisotopic (exact) mass is 128 g/mol. The van der Waals surface area contributed by atoms with E-state index in [-0.39, 0.29) is 0 Å². The molecule has 1 N–H and O–H groups in total. The van der Waals surface area contributed by atoms with Gasteiger partial charge in [0.2, 0.25) is 0 Å². The minimum absolute atomic E-state index is 0.446. The van der Waals surface area contributed by atoms with E-state index in [1.54, 1.807) is 18.9 Å². The summed E-state index contributed by atoms with van der Waals surface area (Å²) in [5.74, 6) is 0. The average Bonchev–Trinajstić information content (AvgIpc) is 1.82. The summed E-state index contributed by atoms with van der Waals surface area (Å²) in [4.78, 5) is 1.71. The van der Waals surface area contributed by atoms with Gasteiger partial charge >= 0.3 is 0 Å². The van der Waals surface area contributed by atoms with E-state index in [0.29, 0.717) is 13.0 Å². The SMILES string of the molecule is CC(O)N(C)CCC#N. The van der Waals surface area contributed by atoms with Crippen LogP contribution in [0.25, 0.3) is 0 Å². The van der Waals surface area contributed by atoms with Gasteiger partial charge in [0.05, 0.1) is 6.07 Å². The highest BCUT2D eigenvalue weighted by Crippen LogP contribution is 1.90. The van der Waals surface area contributed by atoms with Crippen LogP contribution in [0.1, 0.15) is 13.3 Å². The van der Waals surface area contributed by atoms with Gasteiger partial charge < -0.3 is 5.11 Å². The van der Waals surface area contributed by atoms with Crippen LogP contribution in [-0.4, -0.2) is 29.8 Å². The van der Waals surface area contributed by atoms with E-state index in [4.69, 9.17) is 10.4 Å². The van der Waals surface area contributed by atoms with Gasteiger partial charge in [0, 0.05) is 13.0 Å². The largest absolute Gasteiger partial charge is 0.379 e. The zero-order chi connectivity index (χ0) is 7.28. The van der Waals surface area contributed by atoms with E-state index in [9.17, 15) is 0 Å². The highest BCUT2D eigenvalue weighted by atomic mass is 16.3. The third-order valence-electron chi connectivity index (χ3n) is 1.21. The Morgan fingerprint density at radius 2 is 2.33 bits per heavy atom. The van der Waals surface area contributed by atoms with E-state index in [2.05, 4.69) is 0 Å². The van der Waals surface area contributed by atoms with Gasteiger partial charge in [0.15, 0.2) is 0 Å². The van der Waals surface area contributed by atoms with E-state index < -0.39 is 6.23 Å². The maximum atomic E-state index is 8.86. The molecule has 0 aliphatic rings. The number of hydrogen-bond acceptors (Lipinski definition) is 3. The van der Waals surface area contributed by atoms with E-state index in [1.165, 1.54) is 0 Å². The summed E-state index contributed by atoms with van der Waals surface area (Å²) in [7, 11) is 1.78. The summed E-state index contributed by atoms with van der Waals surface area (Å²) >= 11 is 0. The van der Waals surface area contributed by atoms with Crippen molar-refractivity contribution >= 4 is 0 Å². The predicted octanol–water partition coefficient (Wildman–Crippen LogP) is 0.170. The number of nitrogens with zero attached hydrogens (tertiary/aromatic N) is 2. The second-order valence-corrected chi connectivity index (χ2v) is 2.02. The van der Waals surface area contributed by atoms with Crippen molar-refractivity contribution < 1.29 is 5.11 Å². The Morgan fingerprint density at radius 1 is 1.78 bits per heavy atom. The first-order chi connectivity index (χ1) is 4.18. The Labute approximate surface area is 55.5 Å². The molecule has 3 heteroatoms. The summed E-state index contributed by atoms with van der Waals surface area (Å²) in [6.07, 6.45) is 0.0276. The second kappa shape index (κ2) is 4.30. The van der Waals surface area contributed by atoms with Crippen molar-refractivity contribution in [3.63, 3.8) is 0 Å². The molecule has 0 spiro atoms. The standard InChI is InChI=1S/C6H12N2O/c1-6(9)8(2)5-3-4-7/h6,9H,3,5H2,1-2H3. The smallest absolute Gasteiger partial charge is 0.104 e. The molecule has 0 aromatic rings. The Hall–Kier alpha value is -0.590. The summed E-state index contributed by atoms with van der Waals surface area (Å²) in [5.41, 5.74) is 0. The lowest BCUT2D eigenvalue weighted by molar-refractivity contribution is 0.0401. The van der Waals surface area contributed by atoms with E-state index in [0.717, 1.165) is 0 Å². The number of rotatable bonds is 3. The Morgan fingerprint density at radius 3 is 2.67 bits per heavy atom. The Kier molecular flexibility index (Phi) is 4.02. The Bertz CT molecular complexity index is 106. The third-order valence-corrected chi connectivity index (χ3v) is 1.21. The Balaban J connectivity index is 3.29. The fourth-order valence-corrected chi connectivity index (χ4v) is 0.413. The van der Waals surface area contributed by atoms with Crippen molar-refractivity contribution in [1.82, 2.24) is 4.90 Å². The first-order valence-corrected chi connectivity index (χ1v) is 2.93. The third kappa shape index (κ3) is 3.95. The van der Waals surface area contributed by atoms with Crippen LogP contribution in [0.3, 0.4) is 0 Å². The molecular formula is C6H12N2O. The number of aliphatic hydroxyl groups is 1. The summed E-state index contributed by atoms with van der Waals surface area (Å²) in [5, 5.41) is 17.0. The second-order valence-electron chi connectivity index (χ2n) is 2.02. The van der Waals surface area contributed by atoms with E-state index >= 15 is 0 Å². The predicted molar refractivity (Wildman–Crippen MR) is 34.5 cm³/mol. The van der Waals surface area contributed by atoms with Crippen LogP contribution in [0.2, 0.25) is 0 Å². The molecule has 52 valence electrons. The van der Waals surface area contributed by atoms with Crippen LogP contribution >= 0.6 is 0 Å². The topological polar surface area (TPSA) is 47.3 Å². The van der Waals surface area contributed by atoms with Gasteiger partial charge in [-0.1, -0.05) is 0 Å². The van der Waals surface area contributed by atoms with Crippen molar-refractivity contribution in [2.45, 2.75) is 19.6 Å². The van der Waals surface area contributed by atoms with Crippen molar-refractivity contribution in [2.75, 3.05) is 13.6 Å². The van der Waals surface area contributed by atoms with Gasteiger partial charge in [-0.15, -0.1) is 0 Å². The maximum absolute atomic E-state index is 8.86. The molecule has 0 bridgehead atoms. The zero-order valence-electron chi connectivity index (χ0n) is 5.83. The first-order valence-electron chi connectivity index (χ1n) is 2.93. The van der Waals surface area contributed by atoms with Gasteiger partial charge in [-0.05, 0) is 14.0 Å². The van der Waals surface area contributed by atoms with Gasteiger partial charge in [-0.3, -0.25) is 4.90 Å². The van der Waals surface area contributed by atoms with Crippen LogP contribution in [0, 0.1) is 11.3 Å². The summed E-state index contributed by atoms with van der Waals surface area (Å²) in [6, 6.07) is 2.00. The zero-order valence-corrected chi connectivity index (χ0v) is 5.83. The molecule has 0 aromatic carbocycles. The lowest BCUT2D eigenvalue weighted by Crippen LogP contribution is -2.29. The number of nitriles is 1. The van der Waals surface area contributed by atoms with E-state index in [1.807, 2.05) is 6.07 Å². The molecule has 0 aliphatic heterocycles. The molecule has 0 fully saturated rings. The molecular weight excluding hydrogens is 116 g/mol. The van der Waals surface area contributed by atoms with Crippen LogP contribution in [0.4, 0.5) is 0 Å². The van der Waals surface area contributed by atoms with Gasteiger partial charge in [-0.25, -0.2) is 0 Å². The minimum Gasteiger partial charge on any atom is -0.379 e. The van der Waals surface area contributed by atoms with Crippen molar-refractivity contribution in [3.8, 4) is 6.07 Å². The molecule has 0 saturated carbocycles. The molecule has 0 amide bonds. The van der Waals surface area contributed by atoms with Crippen molar-refractivity contribution in [3.05, 3.63) is 0 Å². The fraction of sp³-hybridized carbons (Fsp3) is 0.833. The number of hydrogen-bond donors (Lipinski definition) is 1. The van der Waals surface area contributed by atoms with Crippen LogP contribution in [0.5, 0.6) is 0 Å². The number of aliphatic hydroxyl groups excluding tert-OH is 1. The molecule has 3 nitrogen and oxygen atoms in total. The maximum Gasteiger partial charge on any atom is 0.104 e. The van der Waals surface area contributed by atoms with Crippen LogP contribution in [0.15, 0.2) is 0 Å². The molecule has 0 rings (SSSR count). The minimum atomic E-state index is -0.446. The quantitative estimate of drug-likeness (QED) is 0.551. The van der Waals surface area contributed by atoms with Gasteiger partial charge in [-0.2, -0.15) is 5.26 Å². The first kappa shape index (κ1) is 8.41. The highest BCUT2D eigenvalue weighted by Gasteiger charge is 2.01. The van der Waals surface area contributed by atoms with Crippen molar-refractivity contribution in [2.24, 2.45) is 0 Å². The molecule has 9 heavy (non-hydrogen) atoms. The normalized spacial score (nSPS) is 13.2. The highest BCUT2D eigenvalue weighted by molar-refractivity contribution is 4.70. The lowest BCUT2D eigenvalue weighted by Gasteiger charge is -2.17. The molecule has 0 radical (unpaired) electrons. The van der Waals surface area contributed by atoms with Crippen LogP contribution < -0.4 is 0 Å². The molecule has 0 saturated heterocycles. The fourth-order valence-electron chi connectivity index (χ4n) is 0.413. The molecule has 1 atom stereocenters. The average molecular weight is 128 g/mol. The summed E-state index contributed by atoms with van der Waals surface area (Å²) in [6.45, 7) is 2.31. The molecule has 0 aromatic heterocycles. The van der Waals surface area contributed by atoms with Crippen LogP contribution in [-0.2, 0) is 0 Å². The molecule has 0 heterocycles.